The molecule has 0 N–H and O–H groups in total. The van der Waals surface area contributed by atoms with Gasteiger partial charge in [-0.25, -0.2) is 4.98 Å². The van der Waals surface area contributed by atoms with E-state index in [2.05, 4.69) is 51.8 Å². The van der Waals surface area contributed by atoms with Crippen LogP contribution >= 0.6 is 11.6 Å². The van der Waals surface area contributed by atoms with Crippen LogP contribution in [-0.4, -0.2) is 18.1 Å². The lowest BCUT2D eigenvalue weighted by atomic mass is 9.86. The second kappa shape index (κ2) is 6.56. The van der Waals surface area contributed by atoms with Crippen molar-refractivity contribution in [1.82, 2.24) is 4.98 Å². The molecule has 1 aromatic rings. The molecule has 118 valence electrons. The molecule has 1 heterocycles. The van der Waals surface area contributed by atoms with E-state index in [0.29, 0.717) is 11.9 Å². The van der Waals surface area contributed by atoms with Gasteiger partial charge in [0.05, 0.1) is 0 Å². The van der Waals surface area contributed by atoms with Crippen molar-refractivity contribution in [2.75, 3.05) is 11.9 Å². The van der Waals surface area contributed by atoms with E-state index < -0.39 is 0 Å². The first-order valence-corrected chi connectivity index (χ1v) is 8.65. The lowest BCUT2D eigenvalue weighted by Crippen LogP contribution is -2.35. The predicted octanol–water partition coefficient (Wildman–Crippen LogP) is 5.13. The van der Waals surface area contributed by atoms with Gasteiger partial charge in [0.25, 0.3) is 0 Å². The Morgan fingerprint density at radius 1 is 1.19 bits per heavy atom. The third-order valence-corrected chi connectivity index (χ3v) is 5.00. The molecule has 21 heavy (non-hydrogen) atoms. The van der Waals surface area contributed by atoms with Crippen LogP contribution in [0.4, 0.5) is 5.82 Å². The Morgan fingerprint density at radius 2 is 1.81 bits per heavy atom. The zero-order valence-electron chi connectivity index (χ0n) is 14.1. The Hall–Kier alpha value is -0.760. The molecule has 0 bridgehead atoms. The first-order valence-electron chi connectivity index (χ1n) is 8.11. The van der Waals surface area contributed by atoms with Gasteiger partial charge in [0.2, 0.25) is 0 Å². The molecular weight excluding hydrogens is 280 g/mol. The van der Waals surface area contributed by atoms with Crippen molar-refractivity contribution >= 4 is 17.4 Å². The number of alkyl halides is 1. The van der Waals surface area contributed by atoms with Crippen molar-refractivity contribution < 1.29 is 0 Å². The summed E-state index contributed by atoms with van der Waals surface area (Å²) in [6.07, 6.45) is 5.21. The molecule has 0 aliphatic heterocycles. The summed E-state index contributed by atoms with van der Waals surface area (Å²) in [7, 11) is 2.19. The molecule has 1 aliphatic carbocycles. The van der Waals surface area contributed by atoms with Gasteiger partial charge in [0, 0.05) is 30.1 Å². The van der Waals surface area contributed by atoms with Crippen LogP contribution < -0.4 is 4.90 Å². The van der Waals surface area contributed by atoms with Crippen molar-refractivity contribution in [1.29, 1.82) is 0 Å². The van der Waals surface area contributed by atoms with Gasteiger partial charge in [-0.1, -0.05) is 27.7 Å². The number of nitrogens with zero attached hydrogens (tertiary/aromatic N) is 2. The Bertz CT molecular complexity index is 471. The van der Waals surface area contributed by atoms with E-state index in [1.807, 2.05) is 0 Å². The molecular formula is C18H29ClN2. The molecule has 0 atom stereocenters. The summed E-state index contributed by atoms with van der Waals surface area (Å²) in [5.41, 5.74) is 2.35. The summed E-state index contributed by atoms with van der Waals surface area (Å²) in [6.45, 7) is 8.98. The van der Waals surface area contributed by atoms with Crippen molar-refractivity contribution in [2.45, 2.75) is 70.7 Å². The summed E-state index contributed by atoms with van der Waals surface area (Å²) >= 11 is 6.08. The van der Waals surface area contributed by atoms with Crippen molar-refractivity contribution in [3.05, 3.63) is 23.4 Å². The predicted molar refractivity (Wildman–Crippen MR) is 92.3 cm³/mol. The van der Waals surface area contributed by atoms with E-state index in [1.54, 1.807) is 0 Å². The molecule has 3 heteroatoms. The second-order valence-electron chi connectivity index (χ2n) is 7.63. The van der Waals surface area contributed by atoms with Crippen molar-refractivity contribution in [3.8, 4) is 0 Å². The normalized spacial score (nSPS) is 23.1. The Balaban J connectivity index is 2.25. The van der Waals surface area contributed by atoms with E-state index >= 15 is 0 Å². The molecule has 0 amide bonds. The zero-order valence-corrected chi connectivity index (χ0v) is 14.9. The van der Waals surface area contributed by atoms with E-state index in [4.69, 9.17) is 16.6 Å². The van der Waals surface area contributed by atoms with E-state index in [1.165, 1.54) is 31.2 Å². The molecule has 0 unspecified atom stereocenters. The zero-order chi connectivity index (χ0) is 15.6. The summed E-state index contributed by atoms with van der Waals surface area (Å²) in [5.74, 6) is 2.51. The summed E-state index contributed by atoms with van der Waals surface area (Å²) in [4.78, 5) is 7.29. The minimum absolute atomic E-state index is 0.0543. The highest BCUT2D eigenvalue weighted by Crippen LogP contribution is 2.31. The van der Waals surface area contributed by atoms with Gasteiger partial charge < -0.3 is 4.90 Å². The first-order chi connectivity index (χ1) is 9.81. The minimum atomic E-state index is 0.0543. The topological polar surface area (TPSA) is 16.1 Å². The van der Waals surface area contributed by atoms with Crippen LogP contribution in [-0.2, 0) is 11.3 Å². The maximum Gasteiger partial charge on any atom is 0.129 e. The van der Waals surface area contributed by atoms with Gasteiger partial charge in [-0.2, -0.15) is 0 Å². The van der Waals surface area contributed by atoms with Crippen molar-refractivity contribution in [3.63, 3.8) is 0 Å². The van der Waals surface area contributed by atoms with E-state index in [-0.39, 0.29) is 5.41 Å². The molecule has 1 aliphatic rings. The van der Waals surface area contributed by atoms with Gasteiger partial charge >= 0.3 is 0 Å². The number of aromatic nitrogens is 1. The molecule has 0 saturated heterocycles. The Morgan fingerprint density at radius 3 is 2.33 bits per heavy atom. The second-order valence-corrected chi connectivity index (χ2v) is 7.89. The van der Waals surface area contributed by atoms with Gasteiger partial charge in [-0.3, -0.25) is 0 Å². The van der Waals surface area contributed by atoms with Gasteiger partial charge in [-0.15, -0.1) is 11.6 Å². The van der Waals surface area contributed by atoms with E-state index in [9.17, 15) is 0 Å². The summed E-state index contributed by atoms with van der Waals surface area (Å²) in [6, 6.07) is 4.92. The lowest BCUT2D eigenvalue weighted by molar-refractivity contribution is 0.339. The SMILES string of the molecule is CC1CCC(N(C)c2cc(CCl)cc(C(C)(C)C)n2)CC1. The van der Waals surface area contributed by atoms with Crippen LogP contribution in [0.5, 0.6) is 0 Å². The van der Waals surface area contributed by atoms with Gasteiger partial charge in [0.15, 0.2) is 0 Å². The molecule has 1 aromatic heterocycles. The van der Waals surface area contributed by atoms with Crippen LogP contribution in [0.15, 0.2) is 12.1 Å². The number of rotatable bonds is 3. The number of hydrogen-bond donors (Lipinski definition) is 0. The fourth-order valence-corrected chi connectivity index (χ4v) is 3.18. The van der Waals surface area contributed by atoms with Crippen molar-refractivity contribution in [2.24, 2.45) is 5.92 Å². The molecule has 2 nitrogen and oxygen atoms in total. The highest BCUT2D eigenvalue weighted by molar-refractivity contribution is 6.17. The third-order valence-electron chi connectivity index (χ3n) is 4.69. The third kappa shape index (κ3) is 4.12. The van der Waals surface area contributed by atoms with Gasteiger partial charge in [0.1, 0.15) is 5.82 Å². The first kappa shape index (κ1) is 16.6. The number of anilines is 1. The molecule has 0 spiro atoms. The molecule has 1 saturated carbocycles. The number of hydrogen-bond acceptors (Lipinski definition) is 2. The monoisotopic (exact) mass is 308 g/mol. The van der Waals surface area contributed by atoms with Crippen LogP contribution in [0, 0.1) is 5.92 Å². The highest BCUT2D eigenvalue weighted by Gasteiger charge is 2.24. The van der Waals surface area contributed by atoms with Crippen LogP contribution in [0.2, 0.25) is 0 Å². The lowest BCUT2D eigenvalue weighted by Gasteiger charge is -2.35. The summed E-state index contributed by atoms with van der Waals surface area (Å²) in [5, 5.41) is 0. The van der Waals surface area contributed by atoms with Crippen LogP contribution in [0.3, 0.4) is 0 Å². The van der Waals surface area contributed by atoms with Gasteiger partial charge in [-0.05, 0) is 49.3 Å². The fourth-order valence-electron chi connectivity index (χ4n) is 3.03. The van der Waals surface area contributed by atoms with E-state index in [0.717, 1.165) is 17.4 Å². The Kier molecular flexibility index (Phi) is 5.19. The maximum atomic E-state index is 6.08. The largest absolute Gasteiger partial charge is 0.357 e. The average molecular weight is 309 g/mol. The number of pyridine rings is 1. The average Bonchev–Trinajstić information content (AvgIpc) is 2.46. The molecule has 1 fully saturated rings. The smallest absolute Gasteiger partial charge is 0.129 e. The summed E-state index contributed by atoms with van der Waals surface area (Å²) < 4.78 is 0. The molecule has 2 rings (SSSR count). The quantitative estimate of drug-likeness (QED) is 0.719. The standard InChI is InChI=1S/C18H29ClN2/c1-13-6-8-15(9-7-13)21(5)17-11-14(12-19)10-16(20-17)18(2,3)4/h10-11,13,15H,6-9,12H2,1-5H3. The highest BCUT2D eigenvalue weighted by atomic mass is 35.5. The fraction of sp³-hybridized carbons (Fsp3) is 0.722. The molecule has 0 aromatic carbocycles. The minimum Gasteiger partial charge on any atom is -0.357 e. The van der Waals surface area contributed by atoms with Crippen LogP contribution in [0.25, 0.3) is 0 Å². The number of halogens is 1. The molecule has 0 radical (unpaired) electrons. The maximum absolute atomic E-state index is 6.08. The Labute approximate surface area is 134 Å². The van der Waals surface area contributed by atoms with Crippen LogP contribution in [0.1, 0.15) is 64.6 Å².